The number of hydrogen-bond acceptors (Lipinski definition) is 1. The van der Waals surface area contributed by atoms with Crippen molar-refractivity contribution in [2.24, 2.45) is 23.5 Å². The van der Waals surface area contributed by atoms with E-state index in [0.717, 1.165) is 17.8 Å². The molecule has 0 aromatic heterocycles. The molecule has 2 N–H and O–H groups in total. The van der Waals surface area contributed by atoms with Crippen LogP contribution in [0.25, 0.3) is 0 Å². The topological polar surface area (TPSA) is 26.0 Å². The molecule has 3 unspecified atom stereocenters. The van der Waals surface area contributed by atoms with E-state index in [1.165, 1.54) is 51.4 Å². The summed E-state index contributed by atoms with van der Waals surface area (Å²) >= 11 is 0. The molecule has 1 heteroatoms. The van der Waals surface area contributed by atoms with Gasteiger partial charge in [0.15, 0.2) is 0 Å². The van der Waals surface area contributed by atoms with Crippen LogP contribution in [-0.2, 0) is 0 Å². The van der Waals surface area contributed by atoms with Crippen LogP contribution in [0, 0.1) is 17.8 Å². The van der Waals surface area contributed by atoms with Crippen LogP contribution < -0.4 is 5.73 Å². The Kier molecular flexibility index (Phi) is 3.48. The third-order valence-electron chi connectivity index (χ3n) is 4.28. The first-order valence-corrected chi connectivity index (χ1v) is 6.56. The molecule has 0 aromatic carbocycles. The van der Waals surface area contributed by atoms with Crippen molar-refractivity contribution in [2.75, 3.05) is 0 Å². The van der Waals surface area contributed by atoms with Crippen LogP contribution in [0.2, 0.25) is 0 Å². The largest absolute Gasteiger partial charge is 0.327 e. The average molecular weight is 195 g/mol. The Morgan fingerprint density at radius 1 is 1.07 bits per heavy atom. The van der Waals surface area contributed by atoms with Crippen molar-refractivity contribution in [1.29, 1.82) is 0 Å². The van der Waals surface area contributed by atoms with Crippen molar-refractivity contribution in [3.63, 3.8) is 0 Å². The lowest BCUT2D eigenvalue weighted by atomic mass is 9.91. The van der Waals surface area contributed by atoms with Gasteiger partial charge in [0, 0.05) is 6.04 Å². The molecule has 2 rings (SSSR count). The van der Waals surface area contributed by atoms with Gasteiger partial charge in [-0.1, -0.05) is 32.6 Å². The van der Waals surface area contributed by atoms with E-state index in [1.54, 1.807) is 0 Å². The van der Waals surface area contributed by atoms with Crippen LogP contribution in [0.1, 0.15) is 58.3 Å². The Labute approximate surface area is 88.4 Å². The van der Waals surface area contributed by atoms with Gasteiger partial charge in [-0.2, -0.15) is 0 Å². The number of hydrogen-bond donors (Lipinski definition) is 1. The molecule has 0 heterocycles. The van der Waals surface area contributed by atoms with E-state index in [1.807, 2.05) is 0 Å². The molecule has 2 fully saturated rings. The van der Waals surface area contributed by atoms with E-state index in [2.05, 4.69) is 6.92 Å². The molecule has 0 bridgehead atoms. The fourth-order valence-corrected chi connectivity index (χ4v) is 3.15. The Morgan fingerprint density at radius 3 is 2.43 bits per heavy atom. The summed E-state index contributed by atoms with van der Waals surface area (Å²) in [4.78, 5) is 0. The summed E-state index contributed by atoms with van der Waals surface area (Å²) < 4.78 is 0. The fraction of sp³-hybridized carbons (Fsp3) is 1.00. The zero-order valence-corrected chi connectivity index (χ0v) is 9.54. The number of unbranched alkanes of at least 4 members (excludes halogenated alkanes) is 3. The van der Waals surface area contributed by atoms with E-state index < -0.39 is 0 Å². The van der Waals surface area contributed by atoms with Gasteiger partial charge in [0.2, 0.25) is 0 Å². The van der Waals surface area contributed by atoms with E-state index in [9.17, 15) is 0 Å². The van der Waals surface area contributed by atoms with E-state index in [-0.39, 0.29) is 0 Å². The molecule has 2 saturated carbocycles. The third kappa shape index (κ3) is 2.50. The molecular formula is C13H25N. The zero-order valence-electron chi connectivity index (χ0n) is 9.54. The minimum atomic E-state index is 0.527. The highest BCUT2D eigenvalue weighted by Crippen LogP contribution is 2.55. The second kappa shape index (κ2) is 4.65. The van der Waals surface area contributed by atoms with Crippen molar-refractivity contribution in [2.45, 2.75) is 64.3 Å². The normalized spacial score (nSPS) is 36.9. The van der Waals surface area contributed by atoms with Crippen molar-refractivity contribution in [3.8, 4) is 0 Å². The Balaban J connectivity index is 1.56. The molecule has 0 amide bonds. The summed E-state index contributed by atoms with van der Waals surface area (Å²) in [6, 6.07) is 0.527. The van der Waals surface area contributed by atoms with Gasteiger partial charge in [-0.05, 0) is 43.4 Å². The predicted octanol–water partition coefficient (Wildman–Crippen LogP) is 3.33. The van der Waals surface area contributed by atoms with Gasteiger partial charge in [-0.3, -0.25) is 0 Å². The zero-order chi connectivity index (χ0) is 9.97. The van der Waals surface area contributed by atoms with Crippen LogP contribution >= 0.6 is 0 Å². The number of rotatable bonds is 6. The van der Waals surface area contributed by atoms with Gasteiger partial charge in [0.05, 0.1) is 0 Å². The molecule has 3 atom stereocenters. The van der Waals surface area contributed by atoms with Crippen LogP contribution in [0.5, 0.6) is 0 Å². The molecule has 1 nitrogen and oxygen atoms in total. The van der Waals surface area contributed by atoms with Crippen molar-refractivity contribution < 1.29 is 0 Å². The highest BCUT2D eigenvalue weighted by atomic mass is 14.7. The van der Waals surface area contributed by atoms with Gasteiger partial charge in [-0.15, -0.1) is 0 Å². The molecule has 0 radical (unpaired) electrons. The van der Waals surface area contributed by atoms with Crippen molar-refractivity contribution >= 4 is 0 Å². The van der Waals surface area contributed by atoms with E-state index >= 15 is 0 Å². The number of fused-ring (bicyclic) bond motifs is 1. The Hall–Kier alpha value is -0.0400. The van der Waals surface area contributed by atoms with E-state index in [0.29, 0.717) is 6.04 Å². The summed E-state index contributed by atoms with van der Waals surface area (Å²) in [5, 5.41) is 0. The molecule has 0 aromatic rings. The van der Waals surface area contributed by atoms with Crippen molar-refractivity contribution in [1.82, 2.24) is 0 Å². The monoisotopic (exact) mass is 195 g/mol. The maximum absolute atomic E-state index is 6.24. The van der Waals surface area contributed by atoms with Gasteiger partial charge in [-0.25, -0.2) is 0 Å². The summed E-state index contributed by atoms with van der Waals surface area (Å²) in [6.45, 7) is 2.27. The highest BCUT2D eigenvalue weighted by Gasteiger charge is 2.46. The molecule has 14 heavy (non-hydrogen) atoms. The first kappa shape index (κ1) is 10.5. The number of nitrogens with two attached hydrogens (primary N) is 1. The molecule has 0 saturated heterocycles. The highest BCUT2D eigenvalue weighted by molar-refractivity contribution is 4.98. The van der Waals surface area contributed by atoms with Gasteiger partial charge in [0.25, 0.3) is 0 Å². The van der Waals surface area contributed by atoms with Gasteiger partial charge >= 0.3 is 0 Å². The maximum Gasteiger partial charge on any atom is 0.00673 e. The fourth-order valence-electron chi connectivity index (χ4n) is 3.15. The smallest absolute Gasteiger partial charge is 0.00673 e. The predicted molar refractivity (Wildman–Crippen MR) is 61.1 cm³/mol. The molecule has 2 aliphatic rings. The van der Waals surface area contributed by atoms with E-state index in [4.69, 9.17) is 5.73 Å². The van der Waals surface area contributed by atoms with Crippen LogP contribution in [0.3, 0.4) is 0 Å². The minimum Gasteiger partial charge on any atom is -0.327 e. The third-order valence-corrected chi connectivity index (χ3v) is 4.28. The van der Waals surface area contributed by atoms with Crippen LogP contribution in [-0.4, -0.2) is 6.04 Å². The Bertz CT molecular complexity index is 168. The summed E-state index contributed by atoms with van der Waals surface area (Å²) in [5.41, 5.74) is 6.24. The molecular weight excluding hydrogens is 170 g/mol. The first-order valence-electron chi connectivity index (χ1n) is 6.56. The van der Waals surface area contributed by atoms with Crippen LogP contribution in [0.15, 0.2) is 0 Å². The van der Waals surface area contributed by atoms with Crippen LogP contribution in [0.4, 0.5) is 0 Å². The lowest BCUT2D eigenvalue weighted by Gasteiger charge is -2.20. The second-order valence-electron chi connectivity index (χ2n) is 5.50. The summed E-state index contributed by atoms with van der Waals surface area (Å²) in [7, 11) is 0. The molecule has 2 aliphatic carbocycles. The summed E-state index contributed by atoms with van der Waals surface area (Å²) in [5.74, 6) is 3.09. The molecule has 82 valence electrons. The quantitative estimate of drug-likeness (QED) is 0.646. The maximum atomic E-state index is 6.24. The SMILES string of the molecule is CCCCCCC(N)C1CC2CC2C1. The second-order valence-corrected chi connectivity index (χ2v) is 5.50. The minimum absolute atomic E-state index is 0.527. The Morgan fingerprint density at radius 2 is 1.79 bits per heavy atom. The molecule has 0 aliphatic heterocycles. The average Bonchev–Trinajstić information content (AvgIpc) is 2.80. The van der Waals surface area contributed by atoms with Gasteiger partial charge in [0.1, 0.15) is 0 Å². The lowest BCUT2D eigenvalue weighted by molar-refractivity contribution is 0.367. The van der Waals surface area contributed by atoms with Gasteiger partial charge < -0.3 is 5.73 Å². The lowest BCUT2D eigenvalue weighted by Crippen LogP contribution is -2.29. The van der Waals surface area contributed by atoms with Crippen molar-refractivity contribution in [3.05, 3.63) is 0 Å². The molecule has 0 spiro atoms. The first-order chi connectivity index (χ1) is 6.81. The standard InChI is InChI=1S/C13H25N/c1-2-3-4-5-6-13(14)12-8-10-7-11(10)9-12/h10-13H,2-9,14H2,1H3. The summed E-state index contributed by atoms with van der Waals surface area (Å²) in [6.07, 6.45) is 11.2.